The molecule has 0 spiro atoms. The van der Waals surface area contributed by atoms with E-state index >= 15 is 0 Å². The lowest BCUT2D eigenvalue weighted by Gasteiger charge is -2.17. The van der Waals surface area contributed by atoms with E-state index in [1.54, 1.807) is 0 Å². The number of hydrogen-bond acceptors (Lipinski definition) is 3. The fourth-order valence-electron chi connectivity index (χ4n) is 2.39. The second-order valence-corrected chi connectivity index (χ2v) is 5.16. The Kier molecular flexibility index (Phi) is 4.43. The summed E-state index contributed by atoms with van der Waals surface area (Å²) in [5, 5.41) is 6.24. The minimum atomic E-state index is 0.0378. The van der Waals surface area contributed by atoms with Crippen molar-refractivity contribution in [2.45, 2.75) is 20.8 Å². The summed E-state index contributed by atoms with van der Waals surface area (Å²) in [6, 6.07) is 5.84. The van der Waals surface area contributed by atoms with Gasteiger partial charge in [-0.15, -0.1) is 0 Å². The second kappa shape index (κ2) is 6.06. The van der Waals surface area contributed by atoms with E-state index in [0.717, 1.165) is 30.1 Å². The number of nitrogens with one attached hydrogen (secondary N) is 2. The van der Waals surface area contributed by atoms with Crippen molar-refractivity contribution in [2.75, 3.05) is 25.0 Å². The van der Waals surface area contributed by atoms with Gasteiger partial charge in [-0.3, -0.25) is 4.79 Å². The Labute approximate surface area is 114 Å². The molecule has 0 radical (unpaired) electrons. The summed E-state index contributed by atoms with van der Waals surface area (Å²) in [5.74, 6) is 1.23. The van der Waals surface area contributed by atoms with E-state index in [-0.39, 0.29) is 11.8 Å². The molecule has 1 aromatic carbocycles. The highest BCUT2D eigenvalue weighted by Crippen LogP contribution is 2.27. The SMILES string of the molecule is CCOc1cc(C)ccc1NC(=O)[C@@H]1CNC[C@H]1C. The molecule has 0 bridgehead atoms. The number of ether oxygens (including phenoxy) is 1. The van der Waals surface area contributed by atoms with Crippen LogP contribution in [0.3, 0.4) is 0 Å². The maximum absolute atomic E-state index is 12.3. The van der Waals surface area contributed by atoms with Crippen molar-refractivity contribution in [3.8, 4) is 5.75 Å². The average Bonchev–Trinajstić information content (AvgIpc) is 2.79. The highest BCUT2D eigenvalue weighted by Gasteiger charge is 2.29. The molecule has 19 heavy (non-hydrogen) atoms. The van der Waals surface area contributed by atoms with E-state index in [0.29, 0.717) is 12.5 Å². The Morgan fingerprint density at radius 1 is 1.47 bits per heavy atom. The standard InChI is InChI=1S/C15H22N2O2/c1-4-19-14-7-10(2)5-6-13(14)17-15(18)12-9-16-8-11(12)3/h5-7,11-12,16H,4,8-9H2,1-3H3,(H,17,18)/t11-,12-/m1/s1. The zero-order chi connectivity index (χ0) is 13.8. The molecule has 2 atom stereocenters. The molecule has 4 nitrogen and oxygen atoms in total. The van der Waals surface area contributed by atoms with E-state index in [1.165, 1.54) is 0 Å². The van der Waals surface area contributed by atoms with Crippen LogP contribution in [0.5, 0.6) is 5.75 Å². The monoisotopic (exact) mass is 262 g/mol. The number of benzene rings is 1. The van der Waals surface area contributed by atoms with E-state index in [2.05, 4.69) is 17.6 Å². The maximum atomic E-state index is 12.3. The Balaban J connectivity index is 2.11. The Morgan fingerprint density at radius 2 is 2.26 bits per heavy atom. The summed E-state index contributed by atoms with van der Waals surface area (Å²) in [7, 11) is 0. The molecule has 1 aliphatic heterocycles. The van der Waals surface area contributed by atoms with Crippen LogP contribution >= 0.6 is 0 Å². The van der Waals surface area contributed by atoms with Gasteiger partial charge in [0, 0.05) is 6.54 Å². The molecule has 0 aromatic heterocycles. The van der Waals surface area contributed by atoms with E-state index in [9.17, 15) is 4.79 Å². The molecular formula is C15H22N2O2. The van der Waals surface area contributed by atoms with Crippen molar-refractivity contribution in [1.29, 1.82) is 0 Å². The van der Waals surface area contributed by atoms with E-state index < -0.39 is 0 Å². The fraction of sp³-hybridized carbons (Fsp3) is 0.533. The predicted molar refractivity (Wildman–Crippen MR) is 76.5 cm³/mol. The molecular weight excluding hydrogens is 240 g/mol. The van der Waals surface area contributed by atoms with Crippen molar-refractivity contribution in [2.24, 2.45) is 11.8 Å². The molecule has 1 heterocycles. The van der Waals surface area contributed by atoms with Crippen LogP contribution in [-0.2, 0) is 4.79 Å². The first-order chi connectivity index (χ1) is 9.11. The largest absolute Gasteiger partial charge is 0.492 e. The van der Waals surface area contributed by atoms with Gasteiger partial charge in [-0.25, -0.2) is 0 Å². The number of carbonyl (C=O) groups is 1. The van der Waals surface area contributed by atoms with Gasteiger partial charge in [-0.2, -0.15) is 0 Å². The van der Waals surface area contributed by atoms with Crippen molar-refractivity contribution in [3.63, 3.8) is 0 Å². The van der Waals surface area contributed by atoms with Crippen LogP contribution in [0.4, 0.5) is 5.69 Å². The normalized spacial score (nSPS) is 22.3. The first-order valence-electron chi connectivity index (χ1n) is 6.87. The van der Waals surface area contributed by atoms with Gasteiger partial charge in [0.1, 0.15) is 5.75 Å². The number of hydrogen-bond donors (Lipinski definition) is 2. The smallest absolute Gasteiger partial charge is 0.229 e. The third-order valence-electron chi connectivity index (χ3n) is 3.55. The molecule has 4 heteroatoms. The Bertz CT molecular complexity index is 459. The molecule has 2 N–H and O–H groups in total. The van der Waals surface area contributed by atoms with Gasteiger partial charge in [0.05, 0.1) is 18.2 Å². The average molecular weight is 262 g/mol. The number of carbonyl (C=O) groups excluding carboxylic acids is 1. The van der Waals surface area contributed by atoms with Crippen LogP contribution in [0.15, 0.2) is 18.2 Å². The van der Waals surface area contributed by atoms with Gasteiger partial charge in [-0.05, 0) is 44.0 Å². The van der Waals surface area contributed by atoms with Crippen LogP contribution < -0.4 is 15.4 Å². The predicted octanol–water partition coefficient (Wildman–Crippen LogP) is 2.19. The molecule has 1 saturated heterocycles. The van der Waals surface area contributed by atoms with Gasteiger partial charge in [-0.1, -0.05) is 13.0 Å². The van der Waals surface area contributed by atoms with Crippen molar-refractivity contribution in [1.82, 2.24) is 5.32 Å². The molecule has 2 rings (SSSR count). The number of amides is 1. The summed E-state index contributed by atoms with van der Waals surface area (Å²) in [6.45, 7) is 8.30. The van der Waals surface area contributed by atoms with E-state index in [1.807, 2.05) is 32.0 Å². The van der Waals surface area contributed by atoms with Crippen molar-refractivity contribution < 1.29 is 9.53 Å². The molecule has 0 saturated carbocycles. The zero-order valence-electron chi connectivity index (χ0n) is 11.8. The molecule has 104 valence electrons. The molecule has 1 fully saturated rings. The molecule has 0 unspecified atom stereocenters. The first kappa shape index (κ1) is 13.9. The van der Waals surface area contributed by atoms with Gasteiger partial charge in [0.2, 0.25) is 5.91 Å². The lowest BCUT2D eigenvalue weighted by atomic mass is 9.97. The van der Waals surface area contributed by atoms with Crippen molar-refractivity contribution >= 4 is 11.6 Å². The third kappa shape index (κ3) is 3.26. The topological polar surface area (TPSA) is 50.4 Å². The fourth-order valence-corrected chi connectivity index (χ4v) is 2.39. The van der Waals surface area contributed by atoms with Crippen LogP contribution in [0.2, 0.25) is 0 Å². The minimum absolute atomic E-state index is 0.0378. The van der Waals surface area contributed by atoms with Gasteiger partial charge < -0.3 is 15.4 Å². The summed E-state index contributed by atoms with van der Waals surface area (Å²) in [4.78, 5) is 12.3. The van der Waals surface area contributed by atoms with E-state index in [4.69, 9.17) is 4.74 Å². The first-order valence-corrected chi connectivity index (χ1v) is 6.87. The zero-order valence-corrected chi connectivity index (χ0v) is 11.8. The molecule has 1 amide bonds. The summed E-state index contributed by atoms with van der Waals surface area (Å²) in [5.41, 5.74) is 1.88. The Hall–Kier alpha value is -1.55. The number of rotatable bonds is 4. The highest BCUT2D eigenvalue weighted by atomic mass is 16.5. The molecule has 1 aliphatic rings. The van der Waals surface area contributed by atoms with Gasteiger partial charge in [0.25, 0.3) is 0 Å². The molecule has 1 aromatic rings. The summed E-state index contributed by atoms with van der Waals surface area (Å²) < 4.78 is 5.58. The van der Waals surface area contributed by atoms with Crippen LogP contribution in [0.1, 0.15) is 19.4 Å². The second-order valence-electron chi connectivity index (χ2n) is 5.16. The van der Waals surface area contributed by atoms with Crippen LogP contribution in [-0.4, -0.2) is 25.6 Å². The Morgan fingerprint density at radius 3 is 2.89 bits per heavy atom. The highest BCUT2D eigenvalue weighted by molar-refractivity contribution is 5.94. The van der Waals surface area contributed by atoms with Gasteiger partial charge >= 0.3 is 0 Å². The number of aryl methyl sites for hydroxylation is 1. The molecule has 0 aliphatic carbocycles. The third-order valence-corrected chi connectivity index (χ3v) is 3.55. The quantitative estimate of drug-likeness (QED) is 0.874. The summed E-state index contributed by atoms with van der Waals surface area (Å²) in [6.07, 6.45) is 0. The number of anilines is 1. The maximum Gasteiger partial charge on any atom is 0.229 e. The lowest BCUT2D eigenvalue weighted by molar-refractivity contribution is -0.120. The van der Waals surface area contributed by atoms with Crippen LogP contribution in [0.25, 0.3) is 0 Å². The summed E-state index contributed by atoms with van der Waals surface area (Å²) >= 11 is 0. The van der Waals surface area contributed by atoms with Crippen molar-refractivity contribution in [3.05, 3.63) is 23.8 Å². The van der Waals surface area contributed by atoms with Gasteiger partial charge in [0.15, 0.2) is 0 Å². The van der Waals surface area contributed by atoms with Crippen LogP contribution in [0, 0.1) is 18.8 Å². The minimum Gasteiger partial charge on any atom is -0.492 e. The lowest BCUT2D eigenvalue weighted by Crippen LogP contribution is -2.28.